The third-order valence-corrected chi connectivity index (χ3v) is 5.23. The first kappa shape index (κ1) is 18.1. The van der Waals surface area contributed by atoms with Crippen LogP contribution < -0.4 is 0 Å². The summed E-state index contributed by atoms with van der Waals surface area (Å²) in [5, 5.41) is 0.361. The number of nitrogens with zero attached hydrogens (tertiary/aromatic N) is 4. The molecule has 0 spiro atoms. The van der Waals surface area contributed by atoms with Gasteiger partial charge in [-0.15, -0.1) is 0 Å². The molecule has 2 aromatic heterocycles. The summed E-state index contributed by atoms with van der Waals surface area (Å²) in [6.07, 6.45) is 4.01. The number of ether oxygens (including phenoxy) is 3. The van der Waals surface area contributed by atoms with E-state index in [9.17, 15) is 0 Å². The van der Waals surface area contributed by atoms with Crippen LogP contribution in [0.25, 0.3) is 11.2 Å². The molecule has 4 atom stereocenters. The summed E-state index contributed by atoms with van der Waals surface area (Å²) in [5.41, 5.74) is 1.14. The van der Waals surface area contributed by atoms with Crippen molar-refractivity contribution in [1.29, 1.82) is 0 Å². The van der Waals surface area contributed by atoms with Crippen LogP contribution in [0.2, 0.25) is 5.15 Å². The molecule has 1 saturated carbocycles. The summed E-state index contributed by atoms with van der Waals surface area (Å²) in [6, 6.07) is 0.0614. The van der Waals surface area contributed by atoms with E-state index >= 15 is 0 Å². The van der Waals surface area contributed by atoms with Crippen LogP contribution >= 0.6 is 11.6 Å². The number of hydrogen-bond donors (Lipinski definition) is 0. The first-order chi connectivity index (χ1) is 12.1. The second kappa shape index (κ2) is 6.12. The fourth-order valence-corrected chi connectivity index (χ4v) is 4.09. The van der Waals surface area contributed by atoms with Gasteiger partial charge in [0.25, 0.3) is 0 Å². The first-order valence-electron chi connectivity index (χ1n) is 8.97. The Bertz CT molecular complexity index is 816. The molecule has 8 heteroatoms. The Kier molecular flexibility index (Phi) is 4.26. The van der Waals surface area contributed by atoms with Crippen molar-refractivity contribution in [3.8, 4) is 0 Å². The lowest BCUT2D eigenvalue weighted by Gasteiger charge is -2.26. The highest BCUT2D eigenvalue weighted by molar-refractivity contribution is 6.33. The molecule has 2 aromatic rings. The molecule has 3 heterocycles. The molecule has 1 aliphatic heterocycles. The number of fused-ring (bicyclic) bond motifs is 2. The van der Waals surface area contributed by atoms with Gasteiger partial charge < -0.3 is 18.8 Å². The summed E-state index contributed by atoms with van der Waals surface area (Å²) < 4.78 is 20.6. The van der Waals surface area contributed by atoms with E-state index in [1.807, 2.05) is 18.4 Å². The molecular weight excluding hydrogens is 356 g/mol. The number of imidazole rings is 1. The van der Waals surface area contributed by atoms with E-state index in [0.717, 1.165) is 12.1 Å². The molecule has 0 radical (unpaired) electrons. The summed E-state index contributed by atoms with van der Waals surface area (Å²) in [4.78, 5) is 12.8. The lowest BCUT2D eigenvalue weighted by Crippen LogP contribution is -2.31. The summed E-state index contributed by atoms with van der Waals surface area (Å²) in [5.74, 6) is -0.377. The highest BCUT2D eigenvalue weighted by Crippen LogP contribution is 2.47. The number of aromatic nitrogens is 4. The largest absolute Gasteiger partial charge is 0.375 e. The van der Waals surface area contributed by atoms with Crippen molar-refractivity contribution in [2.24, 2.45) is 5.92 Å². The predicted octanol–water partition coefficient (Wildman–Crippen LogP) is 3.38. The minimum absolute atomic E-state index is 0.0212. The molecule has 4 rings (SSSR count). The van der Waals surface area contributed by atoms with Crippen molar-refractivity contribution < 1.29 is 14.2 Å². The number of halogens is 1. The van der Waals surface area contributed by atoms with Gasteiger partial charge in [0, 0.05) is 5.92 Å². The maximum Gasteiger partial charge on any atom is 0.165 e. The van der Waals surface area contributed by atoms with Crippen LogP contribution in [-0.4, -0.2) is 49.7 Å². The van der Waals surface area contributed by atoms with E-state index in [1.165, 1.54) is 6.33 Å². The van der Waals surface area contributed by atoms with E-state index in [2.05, 4.69) is 35.7 Å². The molecule has 0 bridgehead atoms. The minimum Gasteiger partial charge on any atom is -0.375 e. The molecule has 0 amide bonds. The minimum atomic E-state index is -0.614. The predicted molar refractivity (Wildman–Crippen MR) is 97.0 cm³/mol. The van der Waals surface area contributed by atoms with Gasteiger partial charge in [-0.1, -0.05) is 11.6 Å². The van der Waals surface area contributed by atoms with E-state index in [-0.39, 0.29) is 29.8 Å². The molecule has 142 valence electrons. The lowest BCUT2D eigenvalue weighted by molar-refractivity contribution is -0.164. The van der Waals surface area contributed by atoms with Crippen LogP contribution in [0.15, 0.2) is 12.7 Å². The smallest absolute Gasteiger partial charge is 0.165 e. The van der Waals surface area contributed by atoms with Crippen molar-refractivity contribution >= 4 is 22.8 Å². The van der Waals surface area contributed by atoms with Crippen molar-refractivity contribution in [1.82, 2.24) is 19.5 Å². The normalized spacial score (nSPS) is 30.8. The monoisotopic (exact) mass is 380 g/mol. The average molecular weight is 381 g/mol. The SMILES string of the molecule is CC(C)(C)OC[C@@H]1C[C@H](n2cnc3c(Cl)ncnc32)[C@H]2OC(C)(C)O[C@@H]12. The Balaban J connectivity index is 1.66. The Labute approximate surface area is 158 Å². The second-order valence-electron chi connectivity index (χ2n) is 8.54. The zero-order valence-corrected chi connectivity index (χ0v) is 16.5. The van der Waals surface area contributed by atoms with Crippen LogP contribution in [0.5, 0.6) is 0 Å². The standard InChI is InChI=1S/C18H25ClN4O3/c1-17(2,3)24-7-10-6-11(14-13(10)25-18(4,5)26-14)23-9-22-12-15(19)20-8-21-16(12)23/h8-11,13-14H,6-7H2,1-5H3/t10-,11-,13-,14+/m0/s1. The maximum atomic E-state index is 6.25. The Hall–Kier alpha value is -1.28. The molecule has 7 nitrogen and oxygen atoms in total. The van der Waals surface area contributed by atoms with Gasteiger partial charge in [-0.3, -0.25) is 0 Å². The van der Waals surface area contributed by atoms with Crippen LogP contribution in [0, 0.1) is 5.92 Å². The van der Waals surface area contributed by atoms with Crippen LogP contribution in [0.3, 0.4) is 0 Å². The van der Waals surface area contributed by atoms with Gasteiger partial charge in [-0.05, 0) is 41.0 Å². The van der Waals surface area contributed by atoms with Crippen molar-refractivity contribution in [3.05, 3.63) is 17.8 Å². The molecule has 0 N–H and O–H groups in total. The van der Waals surface area contributed by atoms with E-state index in [1.54, 1.807) is 6.33 Å². The van der Waals surface area contributed by atoms with Crippen molar-refractivity contribution in [2.45, 2.75) is 70.7 Å². The van der Waals surface area contributed by atoms with E-state index < -0.39 is 5.79 Å². The second-order valence-corrected chi connectivity index (χ2v) is 8.90. The third-order valence-electron chi connectivity index (χ3n) is 4.95. The zero-order valence-electron chi connectivity index (χ0n) is 15.8. The fraction of sp³-hybridized carbons (Fsp3) is 0.722. The van der Waals surface area contributed by atoms with Gasteiger partial charge in [0.2, 0.25) is 0 Å². The number of hydrogen-bond acceptors (Lipinski definition) is 6. The fourth-order valence-electron chi connectivity index (χ4n) is 3.92. The van der Waals surface area contributed by atoms with Crippen molar-refractivity contribution in [3.63, 3.8) is 0 Å². The van der Waals surface area contributed by atoms with Gasteiger partial charge in [-0.25, -0.2) is 15.0 Å². The molecule has 0 unspecified atom stereocenters. The van der Waals surface area contributed by atoms with Crippen LogP contribution in [-0.2, 0) is 14.2 Å². The Morgan fingerprint density at radius 3 is 2.69 bits per heavy atom. The van der Waals surface area contributed by atoms with E-state index in [4.69, 9.17) is 25.8 Å². The third kappa shape index (κ3) is 3.22. The van der Waals surface area contributed by atoms with Crippen molar-refractivity contribution in [2.75, 3.05) is 6.61 Å². The quantitative estimate of drug-likeness (QED) is 0.760. The maximum absolute atomic E-state index is 6.25. The molecule has 1 aliphatic carbocycles. The Morgan fingerprint density at radius 2 is 1.96 bits per heavy atom. The molecular formula is C18H25ClN4O3. The molecule has 0 aromatic carbocycles. The molecule has 26 heavy (non-hydrogen) atoms. The molecule has 2 aliphatic rings. The van der Waals surface area contributed by atoms with E-state index in [0.29, 0.717) is 17.3 Å². The highest BCUT2D eigenvalue weighted by atomic mass is 35.5. The Morgan fingerprint density at radius 1 is 1.23 bits per heavy atom. The van der Waals surface area contributed by atoms with Crippen LogP contribution in [0.1, 0.15) is 47.1 Å². The molecule has 2 fully saturated rings. The van der Waals surface area contributed by atoms with Gasteiger partial charge in [0.05, 0.1) is 30.7 Å². The number of rotatable bonds is 3. The van der Waals surface area contributed by atoms with Crippen LogP contribution in [0.4, 0.5) is 0 Å². The van der Waals surface area contributed by atoms with Gasteiger partial charge >= 0.3 is 0 Å². The zero-order chi connectivity index (χ0) is 18.7. The topological polar surface area (TPSA) is 71.3 Å². The van der Waals surface area contributed by atoms with Gasteiger partial charge in [-0.2, -0.15) is 0 Å². The first-order valence-corrected chi connectivity index (χ1v) is 9.35. The summed E-state index contributed by atoms with van der Waals surface area (Å²) in [7, 11) is 0. The summed E-state index contributed by atoms with van der Waals surface area (Å²) >= 11 is 6.16. The lowest BCUT2D eigenvalue weighted by atomic mass is 10.1. The molecule has 1 saturated heterocycles. The highest BCUT2D eigenvalue weighted by Gasteiger charge is 2.55. The summed E-state index contributed by atoms with van der Waals surface area (Å²) in [6.45, 7) is 10.7. The van der Waals surface area contributed by atoms with Gasteiger partial charge in [0.15, 0.2) is 16.6 Å². The van der Waals surface area contributed by atoms with Gasteiger partial charge in [0.1, 0.15) is 17.9 Å². The average Bonchev–Trinajstić information content (AvgIpc) is 3.16.